The Labute approximate surface area is 239 Å². The second-order valence-electron chi connectivity index (χ2n) is 10.4. The lowest BCUT2D eigenvalue weighted by Crippen LogP contribution is -2.61. The number of carboxylic acid groups (broad SMARTS) is 1. The Morgan fingerprint density at radius 2 is 1.07 bits per heavy atom. The third-order valence-corrected chi connectivity index (χ3v) is 6.22. The molecule has 0 unspecified atom stereocenters. The molecule has 0 fully saturated rings. The van der Waals surface area contributed by atoms with Gasteiger partial charge in [-0.15, -0.1) is 0 Å². The van der Waals surface area contributed by atoms with Crippen LogP contribution in [0.15, 0.2) is 0 Å². The Balaban J connectivity index is 5.68. The van der Waals surface area contributed by atoms with Crippen LogP contribution in [0.4, 0.5) is 0 Å². The summed E-state index contributed by atoms with van der Waals surface area (Å²) in [7, 11) is 0. The number of carbonyl (C=O) groups is 6. The maximum atomic E-state index is 13.1. The van der Waals surface area contributed by atoms with E-state index < -0.39 is 91.1 Å². The van der Waals surface area contributed by atoms with E-state index in [0.717, 1.165) is 6.92 Å². The van der Waals surface area contributed by atoms with Crippen molar-refractivity contribution in [3.8, 4) is 0 Å². The maximum Gasteiger partial charge on any atom is 0.328 e. The van der Waals surface area contributed by atoms with E-state index in [1.807, 2.05) is 12.2 Å². The molecule has 0 radical (unpaired) electrons. The molecule has 0 aliphatic carbocycles. The van der Waals surface area contributed by atoms with Gasteiger partial charge in [-0.1, -0.05) is 34.1 Å². The molecule has 8 atom stereocenters. The number of rotatable bonds is 18. The highest BCUT2D eigenvalue weighted by molar-refractivity contribution is 5.96. The summed E-state index contributed by atoms with van der Waals surface area (Å²) in [5, 5.41) is 49.5. The van der Waals surface area contributed by atoms with Gasteiger partial charge in [-0.05, 0) is 32.1 Å². The molecule has 0 aliphatic rings. The molecule has 41 heavy (non-hydrogen) atoms. The molecule has 0 heterocycles. The molecule has 0 aliphatic heterocycles. The summed E-state index contributed by atoms with van der Waals surface area (Å²) in [6.07, 6.45) is -0.838. The predicted molar refractivity (Wildman–Crippen MR) is 146 cm³/mol. The van der Waals surface area contributed by atoms with Crippen LogP contribution in [0.25, 0.3) is 0 Å². The van der Waals surface area contributed by atoms with Gasteiger partial charge in [-0.2, -0.15) is 0 Å². The number of carbonyl (C=O) groups excluding carboxylic acids is 5. The first-order chi connectivity index (χ1) is 19.0. The van der Waals surface area contributed by atoms with Gasteiger partial charge >= 0.3 is 5.97 Å². The molecule has 5 amide bonds. The summed E-state index contributed by atoms with van der Waals surface area (Å²) in [4.78, 5) is 74.7. The van der Waals surface area contributed by atoms with Gasteiger partial charge in [0.1, 0.15) is 24.2 Å². The summed E-state index contributed by atoms with van der Waals surface area (Å²) in [5.41, 5.74) is 5.61. The fourth-order valence-electron chi connectivity index (χ4n) is 3.53. The number of hydrogen-bond acceptors (Lipinski definition) is 10. The average Bonchev–Trinajstić information content (AvgIpc) is 2.89. The number of aliphatic hydroxyl groups is 3. The number of amides is 5. The minimum Gasteiger partial charge on any atom is -0.480 e. The molecule has 236 valence electrons. The summed E-state index contributed by atoms with van der Waals surface area (Å²) in [5.74, 6) is -6.24. The molecule has 0 aromatic carbocycles. The highest BCUT2D eigenvalue weighted by atomic mass is 16.4. The van der Waals surface area contributed by atoms with Crippen LogP contribution in [0, 0.1) is 11.8 Å². The van der Waals surface area contributed by atoms with Crippen molar-refractivity contribution in [3.63, 3.8) is 0 Å². The SMILES string of the molecule is CC[C@H](C)[C@H](NC(=O)[C@H](C)N)C(=O)N[C@@H](CC(C)C)C(=O)N[C@@H](CO)C(=O)N[C@@H](CO)C(=O)N[C@H](C(=O)O)[C@@H](C)O. The van der Waals surface area contributed by atoms with Gasteiger partial charge < -0.3 is 52.7 Å². The molecule has 0 aromatic heterocycles. The van der Waals surface area contributed by atoms with Crippen molar-refractivity contribution < 1.29 is 49.2 Å². The molecule has 0 bridgehead atoms. The first kappa shape index (κ1) is 37.7. The Morgan fingerprint density at radius 3 is 1.44 bits per heavy atom. The van der Waals surface area contributed by atoms with Crippen molar-refractivity contribution in [2.45, 2.75) is 96.7 Å². The first-order valence-electron chi connectivity index (χ1n) is 13.4. The summed E-state index contributed by atoms with van der Waals surface area (Å²) in [6, 6.07) is -8.07. The summed E-state index contributed by atoms with van der Waals surface area (Å²) in [6.45, 7) is 7.81. The van der Waals surface area contributed by atoms with Crippen molar-refractivity contribution in [1.29, 1.82) is 0 Å². The van der Waals surface area contributed by atoms with Crippen LogP contribution in [0.2, 0.25) is 0 Å². The monoisotopic (exact) mass is 590 g/mol. The molecular formula is C25H46N6O10. The Morgan fingerprint density at radius 1 is 0.659 bits per heavy atom. The fraction of sp³-hybridized carbons (Fsp3) is 0.760. The molecule has 0 saturated heterocycles. The Bertz CT molecular complexity index is 913. The minimum absolute atomic E-state index is 0.105. The molecule has 0 rings (SSSR count). The van der Waals surface area contributed by atoms with Gasteiger partial charge in [0.25, 0.3) is 0 Å². The number of aliphatic hydroxyl groups excluding tert-OH is 3. The van der Waals surface area contributed by atoms with E-state index in [1.54, 1.807) is 20.8 Å². The van der Waals surface area contributed by atoms with Crippen molar-refractivity contribution in [2.24, 2.45) is 17.6 Å². The van der Waals surface area contributed by atoms with E-state index in [-0.39, 0.29) is 18.3 Å². The summed E-state index contributed by atoms with van der Waals surface area (Å²) < 4.78 is 0. The number of aliphatic carboxylic acids is 1. The van der Waals surface area contributed by atoms with Crippen LogP contribution in [0.3, 0.4) is 0 Å². The van der Waals surface area contributed by atoms with E-state index >= 15 is 0 Å². The topological polar surface area (TPSA) is 270 Å². The normalized spacial score (nSPS) is 17.0. The number of nitrogens with one attached hydrogen (secondary N) is 5. The quantitative estimate of drug-likeness (QED) is 0.0742. The van der Waals surface area contributed by atoms with Crippen LogP contribution < -0.4 is 32.3 Å². The van der Waals surface area contributed by atoms with E-state index in [9.17, 15) is 44.1 Å². The van der Waals surface area contributed by atoms with E-state index in [4.69, 9.17) is 10.8 Å². The van der Waals surface area contributed by atoms with Gasteiger partial charge in [0.15, 0.2) is 6.04 Å². The van der Waals surface area contributed by atoms with Crippen LogP contribution in [-0.2, 0) is 28.8 Å². The van der Waals surface area contributed by atoms with Crippen LogP contribution in [-0.4, -0.2) is 112 Å². The fourth-order valence-corrected chi connectivity index (χ4v) is 3.53. The van der Waals surface area contributed by atoms with Crippen molar-refractivity contribution >= 4 is 35.5 Å². The third-order valence-electron chi connectivity index (χ3n) is 6.22. The smallest absolute Gasteiger partial charge is 0.328 e. The number of carboxylic acids is 1. The second-order valence-corrected chi connectivity index (χ2v) is 10.4. The van der Waals surface area contributed by atoms with Crippen LogP contribution in [0.5, 0.6) is 0 Å². The Hall–Kier alpha value is -3.34. The average molecular weight is 591 g/mol. The standard InChI is InChI=1S/C25H46N6O10/c1-7-12(4)18(30-20(35)13(5)26)24(39)27-15(8-11(2)3)21(36)28-16(9-32)22(37)29-17(10-33)23(38)31-19(14(6)34)25(40)41/h11-19,32-34H,7-10,26H2,1-6H3,(H,27,39)(H,28,36)(H,29,37)(H,30,35)(H,31,38)(H,40,41)/t12-,13-,14+,15-,16-,17-,18-,19-/m0/s1. The number of hydrogen-bond donors (Lipinski definition) is 10. The van der Waals surface area contributed by atoms with E-state index in [1.165, 1.54) is 6.92 Å². The highest BCUT2D eigenvalue weighted by Crippen LogP contribution is 2.11. The van der Waals surface area contributed by atoms with Gasteiger partial charge in [-0.25, -0.2) is 4.79 Å². The summed E-state index contributed by atoms with van der Waals surface area (Å²) >= 11 is 0. The molecule has 0 aromatic rings. The molecule has 0 saturated carbocycles. The largest absolute Gasteiger partial charge is 0.480 e. The maximum absolute atomic E-state index is 13.1. The zero-order valence-corrected chi connectivity index (χ0v) is 24.3. The van der Waals surface area contributed by atoms with Gasteiger partial charge in [0.2, 0.25) is 29.5 Å². The number of nitrogens with two attached hydrogens (primary N) is 1. The van der Waals surface area contributed by atoms with E-state index in [2.05, 4.69) is 21.3 Å². The van der Waals surface area contributed by atoms with Gasteiger partial charge in [0.05, 0.1) is 25.4 Å². The molecule has 16 heteroatoms. The molecular weight excluding hydrogens is 544 g/mol. The van der Waals surface area contributed by atoms with Crippen LogP contribution >= 0.6 is 0 Å². The Kier molecular flexibility index (Phi) is 16.7. The zero-order valence-electron chi connectivity index (χ0n) is 24.3. The molecule has 16 nitrogen and oxygen atoms in total. The van der Waals surface area contributed by atoms with Crippen molar-refractivity contribution in [1.82, 2.24) is 26.6 Å². The minimum atomic E-state index is -1.72. The lowest BCUT2D eigenvalue weighted by atomic mass is 9.96. The van der Waals surface area contributed by atoms with Crippen molar-refractivity contribution in [2.75, 3.05) is 13.2 Å². The predicted octanol–water partition coefficient (Wildman–Crippen LogP) is -3.70. The van der Waals surface area contributed by atoms with Crippen LogP contribution in [0.1, 0.15) is 54.4 Å². The third kappa shape index (κ3) is 12.8. The first-order valence-corrected chi connectivity index (χ1v) is 13.4. The van der Waals surface area contributed by atoms with Gasteiger partial charge in [0, 0.05) is 0 Å². The zero-order chi connectivity index (χ0) is 32.0. The molecule has 0 spiro atoms. The van der Waals surface area contributed by atoms with Crippen molar-refractivity contribution in [3.05, 3.63) is 0 Å². The lowest BCUT2D eigenvalue weighted by molar-refractivity contribution is -0.145. The second kappa shape index (κ2) is 18.2. The van der Waals surface area contributed by atoms with Gasteiger partial charge in [-0.3, -0.25) is 24.0 Å². The molecule has 11 N–H and O–H groups in total. The van der Waals surface area contributed by atoms with E-state index in [0.29, 0.717) is 6.42 Å². The lowest BCUT2D eigenvalue weighted by Gasteiger charge is -2.28. The highest BCUT2D eigenvalue weighted by Gasteiger charge is 2.34.